The molecule has 0 unspecified atom stereocenters. The van der Waals surface area contributed by atoms with Gasteiger partial charge >= 0.3 is 0 Å². The SMILES string of the molecule is COCCNCc1cn(Cc2ccc(OC)c(Br)c2)nn1. The lowest BCUT2D eigenvalue weighted by Gasteiger charge is -2.06. The van der Waals surface area contributed by atoms with E-state index in [1.807, 2.05) is 29.1 Å². The molecule has 0 aliphatic rings. The summed E-state index contributed by atoms with van der Waals surface area (Å²) in [6, 6.07) is 5.97. The number of benzene rings is 1. The van der Waals surface area contributed by atoms with Gasteiger partial charge in [0.15, 0.2) is 0 Å². The molecule has 0 radical (unpaired) electrons. The number of rotatable bonds is 8. The van der Waals surface area contributed by atoms with E-state index in [4.69, 9.17) is 9.47 Å². The van der Waals surface area contributed by atoms with E-state index >= 15 is 0 Å². The first-order valence-electron chi connectivity index (χ1n) is 6.64. The zero-order valence-corrected chi connectivity index (χ0v) is 13.8. The maximum Gasteiger partial charge on any atom is 0.133 e. The summed E-state index contributed by atoms with van der Waals surface area (Å²) < 4.78 is 12.9. The zero-order chi connectivity index (χ0) is 15.1. The molecule has 1 aromatic heterocycles. The van der Waals surface area contributed by atoms with Crippen molar-refractivity contribution < 1.29 is 9.47 Å². The van der Waals surface area contributed by atoms with E-state index in [1.54, 1.807) is 14.2 Å². The van der Waals surface area contributed by atoms with Crippen LogP contribution in [-0.2, 0) is 17.8 Å². The summed E-state index contributed by atoms with van der Waals surface area (Å²) in [5.74, 6) is 0.820. The number of aromatic nitrogens is 3. The van der Waals surface area contributed by atoms with Gasteiger partial charge in [-0.1, -0.05) is 11.3 Å². The standard InChI is InChI=1S/C14H19BrN4O2/c1-20-6-5-16-8-12-10-19(18-17-12)9-11-3-4-14(21-2)13(15)7-11/h3-4,7,10,16H,5-6,8-9H2,1-2H3. The lowest BCUT2D eigenvalue weighted by molar-refractivity contribution is 0.199. The lowest BCUT2D eigenvalue weighted by Crippen LogP contribution is -2.18. The molecule has 1 N–H and O–H groups in total. The van der Waals surface area contributed by atoms with Gasteiger partial charge in [-0.25, -0.2) is 4.68 Å². The lowest BCUT2D eigenvalue weighted by atomic mass is 10.2. The van der Waals surface area contributed by atoms with Crippen LogP contribution in [0.2, 0.25) is 0 Å². The average Bonchev–Trinajstić information content (AvgIpc) is 2.91. The number of methoxy groups -OCH3 is 2. The Morgan fingerprint density at radius 2 is 2.19 bits per heavy atom. The van der Waals surface area contributed by atoms with Crippen molar-refractivity contribution in [3.63, 3.8) is 0 Å². The molecule has 0 aliphatic heterocycles. The fraction of sp³-hybridized carbons (Fsp3) is 0.429. The molecule has 0 amide bonds. The Balaban J connectivity index is 1.91. The van der Waals surface area contributed by atoms with Crippen molar-refractivity contribution >= 4 is 15.9 Å². The summed E-state index contributed by atoms with van der Waals surface area (Å²) in [4.78, 5) is 0. The van der Waals surface area contributed by atoms with Gasteiger partial charge in [0.05, 0.1) is 36.6 Å². The van der Waals surface area contributed by atoms with Gasteiger partial charge in [-0.3, -0.25) is 0 Å². The highest BCUT2D eigenvalue weighted by molar-refractivity contribution is 9.10. The average molecular weight is 355 g/mol. The Kier molecular flexibility index (Phi) is 6.16. The minimum absolute atomic E-state index is 0.674. The van der Waals surface area contributed by atoms with Gasteiger partial charge in [-0.15, -0.1) is 5.10 Å². The van der Waals surface area contributed by atoms with Gasteiger partial charge < -0.3 is 14.8 Å². The molecule has 7 heteroatoms. The Morgan fingerprint density at radius 1 is 1.33 bits per heavy atom. The first kappa shape index (κ1) is 15.9. The summed E-state index contributed by atoms with van der Waals surface area (Å²) in [5, 5.41) is 11.5. The van der Waals surface area contributed by atoms with E-state index in [9.17, 15) is 0 Å². The van der Waals surface area contributed by atoms with Crippen LogP contribution < -0.4 is 10.1 Å². The predicted molar refractivity (Wildman–Crippen MR) is 83.4 cm³/mol. The molecule has 1 aromatic carbocycles. The van der Waals surface area contributed by atoms with Crippen LogP contribution >= 0.6 is 15.9 Å². The van der Waals surface area contributed by atoms with Crippen molar-refractivity contribution in [3.8, 4) is 5.75 Å². The molecule has 1 heterocycles. The molecule has 0 spiro atoms. The van der Waals surface area contributed by atoms with Gasteiger partial charge in [-0.05, 0) is 33.6 Å². The predicted octanol–water partition coefficient (Wildman–Crippen LogP) is 1.83. The summed E-state index contributed by atoms with van der Waals surface area (Å²) in [7, 11) is 3.34. The third kappa shape index (κ3) is 4.80. The van der Waals surface area contributed by atoms with E-state index in [0.29, 0.717) is 19.7 Å². The third-order valence-electron chi connectivity index (χ3n) is 2.94. The van der Waals surface area contributed by atoms with Crippen molar-refractivity contribution in [2.45, 2.75) is 13.1 Å². The second kappa shape index (κ2) is 8.11. The van der Waals surface area contributed by atoms with Crippen molar-refractivity contribution in [2.24, 2.45) is 0 Å². The molecule has 0 fully saturated rings. The quantitative estimate of drug-likeness (QED) is 0.732. The molecule has 0 saturated heterocycles. The van der Waals surface area contributed by atoms with Crippen molar-refractivity contribution in [1.29, 1.82) is 0 Å². The molecule has 21 heavy (non-hydrogen) atoms. The van der Waals surface area contributed by atoms with Crippen LogP contribution in [0.3, 0.4) is 0 Å². The second-order valence-electron chi connectivity index (χ2n) is 4.55. The summed E-state index contributed by atoms with van der Waals surface area (Å²) in [5.41, 5.74) is 2.05. The van der Waals surface area contributed by atoms with Crippen LogP contribution in [-0.4, -0.2) is 42.4 Å². The van der Waals surface area contributed by atoms with Gasteiger partial charge in [0.2, 0.25) is 0 Å². The van der Waals surface area contributed by atoms with Crippen molar-refractivity contribution in [1.82, 2.24) is 20.3 Å². The third-order valence-corrected chi connectivity index (χ3v) is 3.56. The largest absolute Gasteiger partial charge is 0.496 e. The van der Waals surface area contributed by atoms with E-state index in [0.717, 1.165) is 28.0 Å². The molecule has 6 nitrogen and oxygen atoms in total. The molecule has 114 valence electrons. The highest BCUT2D eigenvalue weighted by Crippen LogP contribution is 2.25. The topological polar surface area (TPSA) is 61.2 Å². The second-order valence-corrected chi connectivity index (χ2v) is 5.40. The molecule has 0 bridgehead atoms. The summed E-state index contributed by atoms with van der Waals surface area (Å²) in [6.45, 7) is 2.85. The van der Waals surface area contributed by atoms with Crippen LogP contribution in [0.25, 0.3) is 0 Å². The number of nitrogens with zero attached hydrogens (tertiary/aromatic N) is 3. The first-order chi connectivity index (χ1) is 10.2. The number of hydrogen-bond donors (Lipinski definition) is 1. The smallest absolute Gasteiger partial charge is 0.133 e. The molecule has 0 aliphatic carbocycles. The van der Waals surface area contributed by atoms with Gasteiger partial charge in [0.25, 0.3) is 0 Å². The monoisotopic (exact) mass is 354 g/mol. The minimum atomic E-state index is 0.674. The highest BCUT2D eigenvalue weighted by atomic mass is 79.9. The van der Waals surface area contributed by atoms with Gasteiger partial charge in [0.1, 0.15) is 5.75 Å². The molecule has 0 saturated carbocycles. The first-order valence-corrected chi connectivity index (χ1v) is 7.43. The van der Waals surface area contributed by atoms with Crippen LogP contribution in [0.5, 0.6) is 5.75 Å². The van der Waals surface area contributed by atoms with E-state index in [-0.39, 0.29) is 0 Å². The molecule has 2 aromatic rings. The van der Waals surface area contributed by atoms with E-state index in [2.05, 4.69) is 31.6 Å². The van der Waals surface area contributed by atoms with Crippen molar-refractivity contribution in [2.75, 3.05) is 27.4 Å². The van der Waals surface area contributed by atoms with Crippen molar-refractivity contribution in [3.05, 3.63) is 40.1 Å². The number of hydrogen-bond acceptors (Lipinski definition) is 5. The maximum atomic E-state index is 5.22. The number of nitrogens with one attached hydrogen (secondary N) is 1. The summed E-state index contributed by atoms with van der Waals surface area (Å²) >= 11 is 3.48. The molecule has 2 rings (SSSR count). The molecular weight excluding hydrogens is 336 g/mol. The molecular formula is C14H19BrN4O2. The van der Waals surface area contributed by atoms with Gasteiger partial charge in [-0.2, -0.15) is 0 Å². The Labute approximate surface area is 132 Å². The Morgan fingerprint density at radius 3 is 2.90 bits per heavy atom. The summed E-state index contributed by atoms with van der Waals surface area (Å²) in [6.07, 6.45) is 1.94. The Bertz CT molecular complexity index is 574. The fourth-order valence-electron chi connectivity index (χ4n) is 1.88. The Hall–Kier alpha value is -1.44. The van der Waals surface area contributed by atoms with E-state index < -0.39 is 0 Å². The van der Waals surface area contributed by atoms with Crippen LogP contribution in [0, 0.1) is 0 Å². The van der Waals surface area contributed by atoms with Crippen LogP contribution in [0.1, 0.15) is 11.3 Å². The normalized spacial score (nSPS) is 10.8. The number of ether oxygens (including phenoxy) is 2. The van der Waals surface area contributed by atoms with Crippen LogP contribution in [0.15, 0.2) is 28.9 Å². The highest BCUT2D eigenvalue weighted by Gasteiger charge is 2.04. The fourth-order valence-corrected chi connectivity index (χ4v) is 2.47. The number of halogens is 1. The van der Waals surface area contributed by atoms with E-state index in [1.165, 1.54) is 0 Å². The zero-order valence-electron chi connectivity index (χ0n) is 12.2. The van der Waals surface area contributed by atoms with Crippen LogP contribution in [0.4, 0.5) is 0 Å². The minimum Gasteiger partial charge on any atom is -0.496 e. The molecule has 0 atom stereocenters. The van der Waals surface area contributed by atoms with Gasteiger partial charge in [0, 0.05) is 20.2 Å². The maximum absolute atomic E-state index is 5.22.